The van der Waals surface area contributed by atoms with Crippen LogP contribution < -0.4 is 10.5 Å². The van der Waals surface area contributed by atoms with E-state index in [1.54, 1.807) is 18.2 Å². The molecule has 0 bridgehead atoms. The van der Waals surface area contributed by atoms with Crippen LogP contribution in [0, 0.1) is 0 Å². The average molecular weight is 273 g/mol. The molecule has 0 atom stereocenters. The van der Waals surface area contributed by atoms with E-state index in [0.29, 0.717) is 29.5 Å². The molecule has 0 aliphatic carbocycles. The van der Waals surface area contributed by atoms with Gasteiger partial charge in [-0.15, -0.1) is 0 Å². The molecule has 0 amide bonds. The van der Waals surface area contributed by atoms with Crippen LogP contribution in [0.25, 0.3) is 0 Å². The third-order valence-electron chi connectivity index (χ3n) is 2.17. The van der Waals surface area contributed by atoms with Crippen molar-refractivity contribution in [1.82, 2.24) is 0 Å². The van der Waals surface area contributed by atoms with Crippen LogP contribution >= 0.6 is 11.6 Å². The molecule has 3 N–H and O–H groups in total. The summed E-state index contributed by atoms with van der Waals surface area (Å²) in [6.07, 6.45) is 0.986. The van der Waals surface area contributed by atoms with Gasteiger partial charge in [0.05, 0.1) is 11.6 Å². The SMILES string of the molecule is CCCOCCOc1ccc(C(N)=NO)c(Cl)c1. The molecule has 1 aromatic rings. The molecule has 0 unspecified atom stereocenters. The first-order valence-corrected chi connectivity index (χ1v) is 6.04. The summed E-state index contributed by atoms with van der Waals surface area (Å²) in [5.41, 5.74) is 5.92. The minimum absolute atomic E-state index is 0.0298. The van der Waals surface area contributed by atoms with Crippen molar-refractivity contribution in [3.63, 3.8) is 0 Å². The number of nitrogens with zero attached hydrogens (tertiary/aromatic N) is 1. The van der Waals surface area contributed by atoms with Crippen LogP contribution in [0.3, 0.4) is 0 Å². The summed E-state index contributed by atoms with van der Waals surface area (Å²) in [5.74, 6) is 0.590. The molecule has 0 aliphatic heterocycles. The maximum absolute atomic E-state index is 8.56. The fourth-order valence-corrected chi connectivity index (χ4v) is 1.58. The maximum atomic E-state index is 8.56. The van der Waals surface area contributed by atoms with Gasteiger partial charge in [-0.05, 0) is 24.6 Å². The maximum Gasteiger partial charge on any atom is 0.171 e. The smallest absolute Gasteiger partial charge is 0.171 e. The first-order valence-electron chi connectivity index (χ1n) is 5.67. The predicted molar refractivity (Wildman–Crippen MR) is 70.6 cm³/mol. The number of benzene rings is 1. The van der Waals surface area contributed by atoms with Gasteiger partial charge < -0.3 is 20.4 Å². The Balaban J connectivity index is 2.51. The number of rotatable bonds is 7. The monoisotopic (exact) mass is 272 g/mol. The van der Waals surface area contributed by atoms with Gasteiger partial charge in [-0.3, -0.25) is 0 Å². The van der Waals surface area contributed by atoms with Crippen molar-refractivity contribution >= 4 is 17.4 Å². The lowest BCUT2D eigenvalue weighted by Gasteiger charge is -2.08. The summed E-state index contributed by atoms with van der Waals surface area (Å²) in [5, 5.41) is 11.8. The zero-order valence-corrected chi connectivity index (χ0v) is 11.0. The van der Waals surface area contributed by atoms with Crippen LogP contribution in [-0.4, -0.2) is 30.9 Å². The lowest BCUT2D eigenvalue weighted by molar-refractivity contribution is 0.101. The van der Waals surface area contributed by atoms with E-state index >= 15 is 0 Å². The van der Waals surface area contributed by atoms with Gasteiger partial charge in [-0.1, -0.05) is 23.7 Å². The summed E-state index contributed by atoms with van der Waals surface area (Å²) in [6, 6.07) is 4.97. The molecule has 18 heavy (non-hydrogen) atoms. The van der Waals surface area contributed by atoms with E-state index in [9.17, 15) is 0 Å². The highest BCUT2D eigenvalue weighted by Crippen LogP contribution is 2.22. The quantitative estimate of drug-likeness (QED) is 0.262. The minimum Gasteiger partial charge on any atom is -0.491 e. The topological polar surface area (TPSA) is 77.1 Å². The van der Waals surface area contributed by atoms with Gasteiger partial charge in [0.15, 0.2) is 5.84 Å². The fourth-order valence-electron chi connectivity index (χ4n) is 1.31. The minimum atomic E-state index is -0.0298. The Kier molecular flexibility index (Phi) is 6.32. The molecule has 100 valence electrons. The Bertz CT molecular complexity index is 410. The molecule has 0 fully saturated rings. The van der Waals surface area contributed by atoms with Crippen LogP contribution in [0.15, 0.2) is 23.4 Å². The summed E-state index contributed by atoms with van der Waals surface area (Å²) in [4.78, 5) is 0. The molecular weight excluding hydrogens is 256 g/mol. The van der Waals surface area contributed by atoms with Crippen molar-refractivity contribution in [2.45, 2.75) is 13.3 Å². The second-order valence-corrected chi connectivity index (χ2v) is 3.99. The van der Waals surface area contributed by atoms with E-state index in [4.69, 9.17) is 32.0 Å². The number of halogens is 1. The molecule has 0 spiro atoms. The van der Waals surface area contributed by atoms with Gasteiger partial charge in [0.2, 0.25) is 0 Å². The molecule has 0 aromatic heterocycles. The Morgan fingerprint density at radius 1 is 1.39 bits per heavy atom. The van der Waals surface area contributed by atoms with E-state index in [0.717, 1.165) is 13.0 Å². The average Bonchev–Trinajstić information content (AvgIpc) is 2.38. The van der Waals surface area contributed by atoms with Gasteiger partial charge in [-0.25, -0.2) is 0 Å². The highest BCUT2D eigenvalue weighted by molar-refractivity contribution is 6.34. The summed E-state index contributed by atoms with van der Waals surface area (Å²) >= 11 is 5.98. The number of oxime groups is 1. The highest BCUT2D eigenvalue weighted by atomic mass is 35.5. The van der Waals surface area contributed by atoms with Crippen molar-refractivity contribution in [3.05, 3.63) is 28.8 Å². The summed E-state index contributed by atoms with van der Waals surface area (Å²) < 4.78 is 10.7. The van der Waals surface area contributed by atoms with E-state index in [1.165, 1.54) is 0 Å². The number of hydrogen-bond donors (Lipinski definition) is 2. The van der Waals surface area contributed by atoms with Crippen LogP contribution in [0.4, 0.5) is 0 Å². The molecule has 6 heteroatoms. The molecular formula is C12H17ClN2O3. The second kappa shape index (κ2) is 7.79. The van der Waals surface area contributed by atoms with Gasteiger partial charge in [-0.2, -0.15) is 0 Å². The summed E-state index contributed by atoms with van der Waals surface area (Å²) in [7, 11) is 0. The normalized spacial score (nSPS) is 11.6. The van der Waals surface area contributed by atoms with Crippen LogP contribution in [0.2, 0.25) is 5.02 Å². The van der Waals surface area contributed by atoms with Gasteiger partial charge in [0, 0.05) is 12.2 Å². The van der Waals surface area contributed by atoms with E-state index in [2.05, 4.69) is 5.16 Å². The van der Waals surface area contributed by atoms with Crippen LogP contribution in [0.5, 0.6) is 5.75 Å². The highest BCUT2D eigenvalue weighted by Gasteiger charge is 2.06. The zero-order valence-electron chi connectivity index (χ0n) is 10.2. The Labute approximate surface area is 111 Å². The fraction of sp³-hybridized carbons (Fsp3) is 0.417. The van der Waals surface area contributed by atoms with E-state index in [1.807, 2.05) is 6.92 Å². The Morgan fingerprint density at radius 3 is 2.78 bits per heavy atom. The lowest BCUT2D eigenvalue weighted by Crippen LogP contribution is -2.13. The van der Waals surface area contributed by atoms with Crippen molar-refractivity contribution in [2.24, 2.45) is 10.9 Å². The van der Waals surface area contributed by atoms with Gasteiger partial charge in [0.25, 0.3) is 0 Å². The van der Waals surface area contributed by atoms with E-state index in [-0.39, 0.29) is 5.84 Å². The number of nitrogens with two attached hydrogens (primary N) is 1. The first-order chi connectivity index (χ1) is 8.69. The molecule has 0 heterocycles. The number of amidine groups is 1. The van der Waals surface area contributed by atoms with Crippen LogP contribution in [-0.2, 0) is 4.74 Å². The standard InChI is InChI=1S/C12H17ClN2O3/c1-2-5-17-6-7-18-9-3-4-10(11(13)8-9)12(14)15-16/h3-4,8,16H,2,5-7H2,1H3,(H2,14,15). The summed E-state index contributed by atoms with van der Waals surface area (Å²) in [6.45, 7) is 3.77. The molecule has 0 saturated carbocycles. The largest absolute Gasteiger partial charge is 0.491 e. The number of hydrogen-bond acceptors (Lipinski definition) is 4. The zero-order chi connectivity index (χ0) is 13.4. The molecule has 1 aromatic carbocycles. The Morgan fingerprint density at radius 2 is 2.17 bits per heavy atom. The van der Waals surface area contributed by atoms with Crippen molar-refractivity contribution < 1.29 is 14.7 Å². The molecule has 1 rings (SSSR count). The van der Waals surface area contributed by atoms with Gasteiger partial charge >= 0.3 is 0 Å². The third-order valence-corrected chi connectivity index (χ3v) is 2.48. The first kappa shape index (κ1) is 14.6. The lowest BCUT2D eigenvalue weighted by atomic mass is 10.2. The van der Waals surface area contributed by atoms with E-state index < -0.39 is 0 Å². The van der Waals surface area contributed by atoms with Crippen molar-refractivity contribution in [3.8, 4) is 5.75 Å². The van der Waals surface area contributed by atoms with Crippen LogP contribution in [0.1, 0.15) is 18.9 Å². The van der Waals surface area contributed by atoms with Crippen molar-refractivity contribution in [1.29, 1.82) is 0 Å². The molecule has 0 radical (unpaired) electrons. The molecule has 0 aliphatic rings. The number of ether oxygens (including phenoxy) is 2. The third kappa shape index (κ3) is 4.43. The molecule has 5 nitrogen and oxygen atoms in total. The van der Waals surface area contributed by atoms with Gasteiger partial charge in [0.1, 0.15) is 12.4 Å². The second-order valence-electron chi connectivity index (χ2n) is 3.59. The molecule has 0 saturated heterocycles. The van der Waals surface area contributed by atoms with Crippen molar-refractivity contribution in [2.75, 3.05) is 19.8 Å². The predicted octanol–water partition coefficient (Wildman–Crippen LogP) is 2.24. The Hall–Kier alpha value is -1.46.